The molecule has 2 rings (SSSR count). The van der Waals surface area contributed by atoms with Gasteiger partial charge in [0.25, 0.3) is 0 Å². The maximum absolute atomic E-state index is 6.15. The number of rotatable bonds is 5. The number of anilines is 1. The molecule has 0 aliphatic heterocycles. The summed E-state index contributed by atoms with van der Waals surface area (Å²) in [5.74, 6) is 2.71. The molecule has 2 heterocycles. The van der Waals surface area contributed by atoms with Gasteiger partial charge in [-0.2, -0.15) is 0 Å². The normalized spacial score (nSPS) is 11.1. The van der Waals surface area contributed by atoms with Crippen LogP contribution in [0.4, 0.5) is 5.82 Å². The van der Waals surface area contributed by atoms with Crippen molar-refractivity contribution in [1.82, 2.24) is 24.7 Å². The van der Waals surface area contributed by atoms with Crippen molar-refractivity contribution < 1.29 is 0 Å². The predicted octanol–water partition coefficient (Wildman–Crippen LogP) is 2.34. The van der Waals surface area contributed by atoms with E-state index in [1.807, 2.05) is 32.4 Å². The molecule has 0 unspecified atom stereocenters. The number of nitrogens with zero attached hydrogens (tertiary/aromatic N) is 5. The number of hydrogen-bond donors (Lipinski definition) is 1. The van der Waals surface area contributed by atoms with E-state index in [2.05, 4.69) is 25.5 Å². The molecule has 20 heavy (non-hydrogen) atoms. The Bertz CT molecular complexity index is 593. The smallest absolute Gasteiger partial charge is 0.137 e. The second kappa shape index (κ2) is 6.17. The summed E-state index contributed by atoms with van der Waals surface area (Å²) in [5, 5.41) is 11.7. The van der Waals surface area contributed by atoms with E-state index in [1.54, 1.807) is 6.33 Å². The minimum atomic E-state index is 0.243. The Morgan fingerprint density at radius 3 is 2.70 bits per heavy atom. The molecular formula is C13H19ClN6. The third-order valence-electron chi connectivity index (χ3n) is 3.07. The van der Waals surface area contributed by atoms with Crippen LogP contribution in [0.3, 0.4) is 0 Å². The van der Waals surface area contributed by atoms with Crippen molar-refractivity contribution in [1.29, 1.82) is 0 Å². The molecule has 0 spiro atoms. The molecule has 0 aromatic carbocycles. The van der Waals surface area contributed by atoms with E-state index in [0.29, 0.717) is 5.15 Å². The molecule has 0 bridgehead atoms. The van der Waals surface area contributed by atoms with Crippen molar-refractivity contribution in [2.75, 3.05) is 11.9 Å². The van der Waals surface area contributed by atoms with E-state index in [4.69, 9.17) is 11.6 Å². The fourth-order valence-corrected chi connectivity index (χ4v) is 1.94. The van der Waals surface area contributed by atoms with Crippen LogP contribution >= 0.6 is 11.6 Å². The zero-order valence-electron chi connectivity index (χ0n) is 12.2. The van der Waals surface area contributed by atoms with Crippen molar-refractivity contribution in [3.63, 3.8) is 0 Å². The maximum Gasteiger partial charge on any atom is 0.137 e. The van der Waals surface area contributed by atoms with Crippen molar-refractivity contribution in [3.05, 3.63) is 28.7 Å². The van der Waals surface area contributed by atoms with Crippen LogP contribution in [-0.2, 0) is 13.5 Å². The minimum Gasteiger partial charge on any atom is -0.369 e. The summed E-state index contributed by atoms with van der Waals surface area (Å²) >= 11 is 6.15. The largest absolute Gasteiger partial charge is 0.369 e. The lowest BCUT2D eigenvalue weighted by Gasteiger charge is -2.12. The van der Waals surface area contributed by atoms with Gasteiger partial charge in [-0.1, -0.05) is 25.4 Å². The molecule has 6 nitrogen and oxygen atoms in total. The van der Waals surface area contributed by atoms with Gasteiger partial charge >= 0.3 is 0 Å². The summed E-state index contributed by atoms with van der Waals surface area (Å²) in [6, 6.07) is 0. The Morgan fingerprint density at radius 1 is 1.35 bits per heavy atom. The van der Waals surface area contributed by atoms with Crippen molar-refractivity contribution >= 4 is 17.4 Å². The molecule has 1 N–H and O–H groups in total. The third kappa shape index (κ3) is 3.25. The van der Waals surface area contributed by atoms with Crippen LogP contribution < -0.4 is 5.32 Å². The van der Waals surface area contributed by atoms with E-state index in [-0.39, 0.29) is 5.92 Å². The molecule has 0 aliphatic carbocycles. The van der Waals surface area contributed by atoms with Crippen LogP contribution in [0.25, 0.3) is 0 Å². The molecule has 0 fully saturated rings. The summed E-state index contributed by atoms with van der Waals surface area (Å²) in [5.41, 5.74) is 0.869. The summed E-state index contributed by atoms with van der Waals surface area (Å²) in [4.78, 5) is 8.82. The second-order valence-electron chi connectivity index (χ2n) is 5.04. The van der Waals surface area contributed by atoms with Gasteiger partial charge in [-0.25, -0.2) is 9.97 Å². The first-order chi connectivity index (χ1) is 9.49. The van der Waals surface area contributed by atoms with Gasteiger partial charge < -0.3 is 9.88 Å². The SMILES string of the molecule is Cc1c(Cl)nc(C(C)C)nc1NCCc1nncn1C. The minimum absolute atomic E-state index is 0.243. The fourth-order valence-electron chi connectivity index (χ4n) is 1.76. The molecule has 0 amide bonds. The van der Waals surface area contributed by atoms with Gasteiger partial charge in [0.1, 0.15) is 28.9 Å². The Kier molecular flexibility index (Phi) is 4.54. The average Bonchev–Trinajstić information content (AvgIpc) is 2.80. The van der Waals surface area contributed by atoms with Gasteiger partial charge in [-0.05, 0) is 6.92 Å². The van der Waals surface area contributed by atoms with Crippen molar-refractivity contribution in [2.24, 2.45) is 7.05 Å². The Hall–Kier alpha value is -1.69. The average molecular weight is 295 g/mol. The van der Waals surface area contributed by atoms with Crippen LogP contribution in [0.5, 0.6) is 0 Å². The van der Waals surface area contributed by atoms with Crippen molar-refractivity contribution in [2.45, 2.75) is 33.1 Å². The molecule has 7 heteroatoms. The molecule has 0 radical (unpaired) electrons. The zero-order valence-corrected chi connectivity index (χ0v) is 12.9. The van der Waals surface area contributed by atoms with Gasteiger partial charge in [0, 0.05) is 31.5 Å². The van der Waals surface area contributed by atoms with Crippen molar-refractivity contribution in [3.8, 4) is 0 Å². The van der Waals surface area contributed by atoms with Gasteiger partial charge in [-0.3, -0.25) is 0 Å². The summed E-state index contributed by atoms with van der Waals surface area (Å²) in [6.45, 7) is 6.73. The molecular weight excluding hydrogens is 276 g/mol. The monoisotopic (exact) mass is 294 g/mol. The first kappa shape index (κ1) is 14.7. The highest BCUT2D eigenvalue weighted by atomic mass is 35.5. The number of hydrogen-bond acceptors (Lipinski definition) is 5. The predicted molar refractivity (Wildman–Crippen MR) is 79.1 cm³/mol. The standard InChI is InChI=1S/C13H19ClN6/c1-8(2)12-17-11(14)9(3)13(18-12)15-6-5-10-19-16-7-20(10)4/h7-8H,5-6H2,1-4H3,(H,15,17,18). The highest BCUT2D eigenvalue weighted by molar-refractivity contribution is 6.30. The Morgan fingerprint density at radius 2 is 2.10 bits per heavy atom. The van der Waals surface area contributed by atoms with Crippen LogP contribution in [0.2, 0.25) is 5.15 Å². The number of aryl methyl sites for hydroxylation is 1. The van der Waals surface area contributed by atoms with Crippen LogP contribution in [0, 0.1) is 6.92 Å². The molecule has 0 saturated heterocycles. The molecule has 2 aromatic heterocycles. The van der Waals surface area contributed by atoms with E-state index >= 15 is 0 Å². The van der Waals surface area contributed by atoms with Gasteiger partial charge in [0.15, 0.2) is 0 Å². The van der Waals surface area contributed by atoms with E-state index in [1.165, 1.54) is 0 Å². The summed E-state index contributed by atoms with van der Waals surface area (Å²) in [7, 11) is 1.93. The fraction of sp³-hybridized carbons (Fsp3) is 0.538. The topological polar surface area (TPSA) is 68.5 Å². The van der Waals surface area contributed by atoms with E-state index < -0.39 is 0 Å². The highest BCUT2D eigenvalue weighted by Crippen LogP contribution is 2.22. The van der Waals surface area contributed by atoms with Crippen LogP contribution in [0.15, 0.2) is 6.33 Å². The van der Waals surface area contributed by atoms with E-state index in [9.17, 15) is 0 Å². The third-order valence-corrected chi connectivity index (χ3v) is 3.43. The lowest BCUT2D eigenvalue weighted by molar-refractivity contribution is 0.764. The summed E-state index contributed by atoms with van der Waals surface area (Å²) in [6.07, 6.45) is 2.47. The maximum atomic E-state index is 6.15. The van der Waals surface area contributed by atoms with Gasteiger partial charge in [-0.15, -0.1) is 10.2 Å². The molecule has 0 aliphatic rings. The lowest BCUT2D eigenvalue weighted by Crippen LogP contribution is -2.12. The Balaban J connectivity index is 2.07. The molecule has 0 saturated carbocycles. The zero-order chi connectivity index (χ0) is 14.7. The van der Waals surface area contributed by atoms with Crippen LogP contribution in [0.1, 0.15) is 37.0 Å². The molecule has 0 atom stereocenters. The van der Waals surface area contributed by atoms with Gasteiger partial charge in [0.2, 0.25) is 0 Å². The highest BCUT2D eigenvalue weighted by Gasteiger charge is 2.11. The molecule has 2 aromatic rings. The Labute approximate surface area is 123 Å². The molecule has 108 valence electrons. The number of halogens is 1. The lowest BCUT2D eigenvalue weighted by atomic mass is 10.2. The summed E-state index contributed by atoms with van der Waals surface area (Å²) < 4.78 is 1.90. The van der Waals surface area contributed by atoms with Crippen LogP contribution in [-0.4, -0.2) is 31.3 Å². The first-order valence-electron chi connectivity index (χ1n) is 6.59. The number of nitrogens with one attached hydrogen (secondary N) is 1. The second-order valence-corrected chi connectivity index (χ2v) is 5.39. The van der Waals surface area contributed by atoms with E-state index in [0.717, 1.165) is 36.0 Å². The van der Waals surface area contributed by atoms with Gasteiger partial charge in [0.05, 0.1) is 0 Å². The first-order valence-corrected chi connectivity index (χ1v) is 6.97. The number of aromatic nitrogens is 5. The quantitative estimate of drug-likeness (QED) is 0.857.